The molecule has 0 saturated carbocycles. The number of thiophene rings is 1. The molecule has 138 valence electrons. The maximum Gasteiger partial charge on any atom is 0.138 e. The topological polar surface area (TPSA) is 85.1 Å². The SMILES string of the molecule is COc1ccc(-c2csc3ncnc(NC[C@@H](O)c4cnn(C)c4)c23)cc1. The first kappa shape index (κ1) is 17.4. The van der Waals surface area contributed by atoms with Gasteiger partial charge < -0.3 is 15.2 Å². The Labute approximate surface area is 160 Å². The summed E-state index contributed by atoms with van der Waals surface area (Å²) in [6.45, 7) is 0.329. The summed E-state index contributed by atoms with van der Waals surface area (Å²) in [5.41, 5.74) is 2.88. The zero-order chi connectivity index (χ0) is 18.8. The fraction of sp³-hybridized carbons (Fsp3) is 0.211. The molecule has 0 aliphatic carbocycles. The van der Waals surface area contributed by atoms with Gasteiger partial charge in [0, 0.05) is 36.3 Å². The lowest BCUT2D eigenvalue weighted by Gasteiger charge is -2.12. The molecular formula is C19H19N5O2S. The number of rotatable bonds is 6. The molecule has 3 heterocycles. The van der Waals surface area contributed by atoms with Crippen molar-refractivity contribution in [2.75, 3.05) is 19.0 Å². The van der Waals surface area contributed by atoms with Crippen molar-refractivity contribution in [3.8, 4) is 16.9 Å². The highest BCUT2D eigenvalue weighted by atomic mass is 32.1. The third-order valence-electron chi connectivity index (χ3n) is 4.34. The lowest BCUT2D eigenvalue weighted by atomic mass is 10.1. The molecule has 0 unspecified atom stereocenters. The van der Waals surface area contributed by atoms with Crippen LogP contribution in [0.3, 0.4) is 0 Å². The highest BCUT2D eigenvalue weighted by Gasteiger charge is 2.15. The Morgan fingerprint density at radius 2 is 2.07 bits per heavy atom. The second-order valence-corrected chi connectivity index (χ2v) is 6.98. The van der Waals surface area contributed by atoms with Crippen molar-refractivity contribution in [1.29, 1.82) is 0 Å². The Bertz CT molecular complexity index is 1060. The van der Waals surface area contributed by atoms with Crippen LogP contribution in [0.25, 0.3) is 21.3 Å². The minimum absolute atomic E-state index is 0.329. The lowest BCUT2D eigenvalue weighted by Crippen LogP contribution is -2.13. The average molecular weight is 381 g/mol. The van der Waals surface area contributed by atoms with Gasteiger partial charge in [0.25, 0.3) is 0 Å². The molecule has 0 spiro atoms. The van der Waals surface area contributed by atoms with E-state index in [4.69, 9.17) is 4.74 Å². The van der Waals surface area contributed by atoms with Crippen molar-refractivity contribution in [3.63, 3.8) is 0 Å². The van der Waals surface area contributed by atoms with E-state index in [1.807, 2.05) is 31.3 Å². The highest BCUT2D eigenvalue weighted by molar-refractivity contribution is 7.17. The van der Waals surface area contributed by atoms with E-state index in [9.17, 15) is 5.11 Å². The van der Waals surface area contributed by atoms with Crippen LogP contribution in [0.5, 0.6) is 5.75 Å². The molecule has 1 aromatic carbocycles. The van der Waals surface area contributed by atoms with Crippen molar-refractivity contribution < 1.29 is 9.84 Å². The number of anilines is 1. The molecule has 3 aromatic heterocycles. The molecule has 8 heteroatoms. The van der Waals surface area contributed by atoms with Gasteiger partial charge in [-0.2, -0.15) is 5.10 Å². The molecule has 2 N–H and O–H groups in total. The van der Waals surface area contributed by atoms with Gasteiger partial charge in [0.15, 0.2) is 0 Å². The fourth-order valence-corrected chi connectivity index (χ4v) is 3.83. The maximum absolute atomic E-state index is 10.4. The van der Waals surface area contributed by atoms with Crippen LogP contribution in [0.2, 0.25) is 0 Å². The Balaban J connectivity index is 1.63. The first-order valence-electron chi connectivity index (χ1n) is 8.43. The predicted molar refractivity (Wildman–Crippen MR) is 106 cm³/mol. The molecule has 0 fully saturated rings. The lowest BCUT2D eigenvalue weighted by molar-refractivity contribution is 0.191. The number of methoxy groups -OCH3 is 1. The standard InChI is InChI=1S/C19H19N5O2S/c1-24-9-13(7-23-24)16(25)8-20-18-17-15(10-27-19(17)22-11-21-18)12-3-5-14(26-2)6-4-12/h3-7,9-11,16,25H,8H2,1-2H3,(H,20,21,22)/t16-/m1/s1. The molecule has 0 bridgehead atoms. The molecule has 27 heavy (non-hydrogen) atoms. The largest absolute Gasteiger partial charge is 0.497 e. The zero-order valence-corrected chi connectivity index (χ0v) is 15.8. The third kappa shape index (κ3) is 3.49. The van der Waals surface area contributed by atoms with Crippen molar-refractivity contribution in [2.45, 2.75) is 6.10 Å². The first-order valence-corrected chi connectivity index (χ1v) is 9.31. The van der Waals surface area contributed by atoms with E-state index < -0.39 is 6.10 Å². The molecule has 4 rings (SSSR count). The summed E-state index contributed by atoms with van der Waals surface area (Å²) in [6.07, 6.45) is 4.33. The van der Waals surface area contributed by atoms with Crippen molar-refractivity contribution in [2.24, 2.45) is 7.05 Å². The Kier molecular flexibility index (Phi) is 4.74. The first-order chi connectivity index (χ1) is 13.2. The summed E-state index contributed by atoms with van der Waals surface area (Å²) >= 11 is 1.57. The molecule has 0 saturated heterocycles. The van der Waals surface area contributed by atoms with E-state index in [1.165, 1.54) is 6.33 Å². The van der Waals surface area contributed by atoms with Crippen LogP contribution in [-0.4, -0.2) is 38.5 Å². The van der Waals surface area contributed by atoms with Gasteiger partial charge in [-0.05, 0) is 17.7 Å². The molecule has 0 radical (unpaired) electrons. The van der Waals surface area contributed by atoms with E-state index in [-0.39, 0.29) is 0 Å². The van der Waals surface area contributed by atoms with E-state index in [1.54, 1.807) is 35.5 Å². The number of aliphatic hydroxyl groups excluding tert-OH is 1. The van der Waals surface area contributed by atoms with Crippen LogP contribution in [0.1, 0.15) is 11.7 Å². The number of aromatic nitrogens is 4. The van der Waals surface area contributed by atoms with E-state index >= 15 is 0 Å². The van der Waals surface area contributed by atoms with Crippen molar-refractivity contribution in [3.05, 3.63) is 53.9 Å². The molecule has 7 nitrogen and oxygen atoms in total. The summed E-state index contributed by atoms with van der Waals surface area (Å²) in [4.78, 5) is 9.67. The normalized spacial score (nSPS) is 12.3. The number of benzene rings is 1. The second-order valence-electron chi connectivity index (χ2n) is 6.12. The summed E-state index contributed by atoms with van der Waals surface area (Å²) in [6, 6.07) is 7.90. The van der Waals surface area contributed by atoms with Gasteiger partial charge in [-0.3, -0.25) is 4.68 Å². The van der Waals surface area contributed by atoms with Gasteiger partial charge in [0.05, 0.1) is 24.8 Å². The van der Waals surface area contributed by atoms with Gasteiger partial charge in [-0.25, -0.2) is 9.97 Å². The zero-order valence-electron chi connectivity index (χ0n) is 15.0. The Morgan fingerprint density at radius 1 is 1.26 bits per heavy atom. The Hall–Kier alpha value is -2.97. The van der Waals surface area contributed by atoms with Crippen LogP contribution in [0, 0.1) is 0 Å². The summed E-state index contributed by atoms with van der Waals surface area (Å²) in [5.74, 6) is 1.52. The van der Waals surface area contributed by atoms with Gasteiger partial charge in [-0.15, -0.1) is 11.3 Å². The number of hydrogen-bond acceptors (Lipinski definition) is 7. The molecule has 0 aliphatic rings. The van der Waals surface area contributed by atoms with Gasteiger partial charge in [0.1, 0.15) is 22.7 Å². The van der Waals surface area contributed by atoms with E-state index in [0.717, 1.165) is 32.7 Å². The number of hydrogen-bond donors (Lipinski definition) is 2. The molecule has 1 atom stereocenters. The fourth-order valence-electron chi connectivity index (χ4n) is 2.92. The molecule has 0 aliphatic heterocycles. The van der Waals surface area contributed by atoms with Crippen molar-refractivity contribution >= 4 is 27.4 Å². The quantitative estimate of drug-likeness (QED) is 0.533. The summed E-state index contributed by atoms with van der Waals surface area (Å²) < 4.78 is 6.91. The number of nitrogens with one attached hydrogen (secondary N) is 1. The van der Waals surface area contributed by atoms with Crippen molar-refractivity contribution in [1.82, 2.24) is 19.7 Å². The summed E-state index contributed by atoms with van der Waals surface area (Å²) in [7, 11) is 3.47. The summed E-state index contributed by atoms with van der Waals surface area (Å²) in [5, 5.41) is 20.8. The number of aliphatic hydroxyl groups is 1. The molecule has 0 amide bonds. The molecule has 4 aromatic rings. The highest BCUT2D eigenvalue weighted by Crippen LogP contribution is 2.37. The number of ether oxygens (including phenoxy) is 1. The number of fused-ring (bicyclic) bond motifs is 1. The second kappa shape index (κ2) is 7.34. The monoisotopic (exact) mass is 381 g/mol. The smallest absolute Gasteiger partial charge is 0.138 e. The minimum atomic E-state index is -0.674. The third-order valence-corrected chi connectivity index (χ3v) is 5.23. The van der Waals surface area contributed by atoms with Crippen LogP contribution in [-0.2, 0) is 7.05 Å². The van der Waals surface area contributed by atoms with Crippen LogP contribution in [0.4, 0.5) is 5.82 Å². The van der Waals surface area contributed by atoms with Gasteiger partial charge in [0.2, 0.25) is 0 Å². The number of nitrogens with zero attached hydrogens (tertiary/aromatic N) is 4. The minimum Gasteiger partial charge on any atom is -0.497 e. The predicted octanol–water partition coefficient (Wildman–Crippen LogP) is 3.25. The van der Waals surface area contributed by atoms with Gasteiger partial charge >= 0.3 is 0 Å². The van der Waals surface area contributed by atoms with Gasteiger partial charge in [-0.1, -0.05) is 12.1 Å². The maximum atomic E-state index is 10.4. The Morgan fingerprint density at radius 3 is 2.78 bits per heavy atom. The van der Waals surface area contributed by atoms with Crippen LogP contribution < -0.4 is 10.1 Å². The van der Waals surface area contributed by atoms with Crippen LogP contribution >= 0.6 is 11.3 Å². The van der Waals surface area contributed by atoms with E-state index in [2.05, 4.69) is 25.8 Å². The number of aryl methyl sites for hydroxylation is 1. The average Bonchev–Trinajstić information content (AvgIpc) is 3.33. The molecular weight excluding hydrogens is 362 g/mol. The van der Waals surface area contributed by atoms with E-state index in [0.29, 0.717) is 12.4 Å². The van der Waals surface area contributed by atoms with Crippen LogP contribution in [0.15, 0.2) is 48.4 Å².